The second kappa shape index (κ2) is 6.70. The molecule has 0 spiro atoms. The summed E-state index contributed by atoms with van der Waals surface area (Å²) in [5, 5.41) is 9.94. The minimum Gasteiger partial charge on any atom is -0.356 e. The molecule has 1 aliphatic rings. The second-order valence-electron chi connectivity index (χ2n) is 5.54. The van der Waals surface area contributed by atoms with Crippen molar-refractivity contribution in [1.82, 2.24) is 15.5 Å². The quantitative estimate of drug-likeness (QED) is 0.701. The van der Waals surface area contributed by atoms with E-state index in [1.165, 1.54) is 5.56 Å². The van der Waals surface area contributed by atoms with Crippen LogP contribution in [0.3, 0.4) is 0 Å². The van der Waals surface area contributed by atoms with Crippen LogP contribution < -0.4 is 11.1 Å². The molecule has 5 nitrogen and oxygen atoms in total. The van der Waals surface area contributed by atoms with Gasteiger partial charge in [0, 0.05) is 24.2 Å². The summed E-state index contributed by atoms with van der Waals surface area (Å²) in [6, 6.07) is 0.207. The van der Waals surface area contributed by atoms with E-state index in [2.05, 4.69) is 15.5 Å². The lowest BCUT2D eigenvalue weighted by molar-refractivity contribution is -0.126. The lowest BCUT2D eigenvalue weighted by Gasteiger charge is -2.25. The van der Waals surface area contributed by atoms with Gasteiger partial charge in [0.2, 0.25) is 5.91 Å². The van der Waals surface area contributed by atoms with E-state index in [1.54, 1.807) is 0 Å². The highest BCUT2D eigenvalue weighted by Gasteiger charge is 2.24. The fourth-order valence-electron chi connectivity index (χ4n) is 2.73. The van der Waals surface area contributed by atoms with Crippen LogP contribution in [0.1, 0.15) is 43.4 Å². The fourth-order valence-corrected chi connectivity index (χ4v) is 2.73. The van der Waals surface area contributed by atoms with Crippen molar-refractivity contribution < 1.29 is 4.79 Å². The number of nitrogens with two attached hydrogens (primary N) is 1. The minimum absolute atomic E-state index is 0.124. The predicted molar refractivity (Wildman–Crippen MR) is 74.6 cm³/mol. The molecule has 0 saturated heterocycles. The van der Waals surface area contributed by atoms with Crippen LogP contribution >= 0.6 is 0 Å². The highest BCUT2D eigenvalue weighted by atomic mass is 16.1. The summed E-state index contributed by atoms with van der Waals surface area (Å²) < 4.78 is 0. The zero-order valence-corrected chi connectivity index (χ0v) is 11.6. The predicted octanol–water partition coefficient (Wildman–Crippen LogP) is 1.28. The van der Waals surface area contributed by atoms with Crippen LogP contribution in [0.4, 0.5) is 0 Å². The minimum atomic E-state index is 0.124. The smallest absolute Gasteiger partial charge is 0.223 e. The van der Waals surface area contributed by atoms with Gasteiger partial charge in [-0.15, -0.1) is 0 Å². The summed E-state index contributed by atoms with van der Waals surface area (Å²) in [5.74, 6) is 0.304. The van der Waals surface area contributed by atoms with Gasteiger partial charge >= 0.3 is 0 Å². The van der Waals surface area contributed by atoms with Crippen molar-refractivity contribution in [3.8, 4) is 0 Å². The first kappa shape index (κ1) is 14.1. The molecule has 1 saturated carbocycles. The summed E-state index contributed by atoms with van der Waals surface area (Å²) in [6.07, 6.45) is 7.72. The van der Waals surface area contributed by atoms with Crippen LogP contribution in [0.5, 0.6) is 0 Å². The molecular weight excluding hydrogens is 240 g/mol. The number of aromatic nitrogens is 2. The molecule has 5 heteroatoms. The van der Waals surface area contributed by atoms with Crippen LogP contribution in [-0.2, 0) is 11.2 Å². The second-order valence-corrected chi connectivity index (χ2v) is 5.54. The Balaban J connectivity index is 1.65. The Morgan fingerprint density at radius 2 is 2.42 bits per heavy atom. The van der Waals surface area contributed by atoms with Crippen molar-refractivity contribution in [3.63, 3.8) is 0 Å². The molecule has 1 aliphatic carbocycles. The number of aromatic amines is 1. The van der Waals surface area contributed by atoms with Gasteiger partial charge in [-0.05, 0) is 44.6 Å². The van der Waals surface area contributed by atoms with E-state index in [-0.39, 0.29) is 17.9 Å². The number of H-pyrrole nitrogens is 1. The van der Waals surface area contributed by atoms with E-state index in [0.717, 1.165) is 50.8 Å². The summed E-state index contributed by atoms with van der Waals surface area (Å²) in [7, 11) is 0. The van der Waals surface area contributed by atoms with E-state index in [0.29, 0.717) is 0 Å². The SMILES string of the molecule is Cc1[nH]ncc1CCCNC(=O)C1CCCC(N)C1. The van der Waals surface area contributed by atoms with E-state index in [4.69, 9.17) is 5.73 Å². The molecule has 19 heavy (non-hydrogen) atoms. The Kier molecular flexibility index (Phi) is 4.96. The molecule has 0 radical (unpaired) electrons. The standard InChI is InChI=1S/C14H24N4O/c1-10-12(9-17-18-10)5-3-7-16-14(19)11-4-2-6-13(15)8-11/h9,11,13H,2-8,15H2,1H3,(H,16,19)(H,17,18). The summed E-state index contributed by atoms with van der Waals surface area (Å²) >= 11 is 0. The van der Waals surface area contributed by atoms with Crippen molar-refractivity contribution in [3.05, 3.63) is 17.5 Å². The number of carbonyl (C=O) groups is 1. The first-order chi connectivity index (χ1) is 9.16. The number of carbonyl (C=O) groups excluding carboxylic acids is 1. The molecule has 2 atom stereocenters. The van der Waals surface area contributed by atoms with Gasteiger partial charge in [-0.1, -0.05) is 6.42 Å². The first-order valence-corrected chi connectivity index (χ1v) is 7.19. The third-order valence-electron chi connectivity index (χ3n) is 3.94. The Morgan fingerprint density at radius 3 is 3.11 bits per heavy atom. The van der Waals surface area contributed by atoms with Crippen molar-refractivity contribution in [2.45, 2.75) is 51.5 Å². The van der Waals surface area contributed by atoms with E-state index in [9.17, 15) is 4.79 Å². The van der Waals surface area contributed by atoms with Gasteiger partial charge in [0.1, 0.15) is 0 Å². The Bertz CT molecular complexity index is 415. The maximum Gasteiger partial charge on any atom is 0.223 e. The average Bonchev–Trinajstić information content (AvgIpc) is 2.80. The highest BCUT2D eigenvalue weighted by molar-refractivity contribution is 5.78. The number of nitrogens with zero attached hydrogens (tertiary/aromatic N) is 1. The van der Waals surface area contributed by atoms with Gasteiger partial charge in [0.05, 0.1) is 6.20 Å². The van der Waals surface area contributed by atoms with Crippen LogP contribution in [0.2, 0.25) is 0 Å². The van der Waals surface area contributed by atoms with Gasteiger partial charge in [0.25, 0.3) is 0 Å². The number of rotatable bonds is 5. The zero-order valence-electron chi connectivity index (χ0n) is 11.6. The molecule has 106 valence electrons. The third kappa shape index (κ3) is 4.06. The average molecular weight is 264 g/mol. The molecule has 2 unspecified atom stereocenters. The maximum absolute atomic E-state index is 12.0. The number of nitrogens with one attached hydrogen (secondary N) is 2. The van der Waals surface area contributed by atoms with Gasteiger partial charge in [0.15, 0.2) is 0 Å². The van der Waals surface area contributed by atoms with Crippen LogP contribution in [0, 0.1) is 12.8 Å². The molecule has 4 N–H and O–H groups in total. The lowest BCUT2D eigenvalue weighted by atomic mass is 9.85. The van der Waals surface area contributed by atoms with Crippen molar-refractivity contribution in [1.29, 1.82) is 0 Å². The number of hydrogen-bond acceptors (Lipinski definition) is 3. The molecule has 1 fully saturated rings. The Morgan fingerprint density at radius 1 is 1.58 bits per heavy atom. The molecule has 0 bridgehead atoms. The molecule has 0 aliphatic heterocycles. The van der Waals surface area contributed by atoms with Gasteiger partial charge in [-0.2, -0.15) is 5.10 Å². The normalized spacial score (nSPS) is 23.3. The number of hydrogen-bond donors (Lipinski definition) is 3. The summed E-state index contributed by atoms with van der Waals surface area (Å²) in [6.45, 7) is 2.75. The van der Waals surface area contributed by atoms with E-state index < -0.39 is 0 Å². The first-order valence-electron chi connectivity index (χ1n) is 7.19. The molecular formula is C14H24N4O. The summed E-state index contributed by atoms with van der Waals surface area (Å²) in [5.41, 5.74) is 8.25. The van der Waals surface area contributed by atoms with Crippen molar-refractivity contribution >= 4 is 5.91 Å². The number of amides is 1. The Hall–Kier alpha value is -1.36. The summed E-state index contributed by atoms with van der Waals surface area (Å²) in [4.78, 5) is 12.0. The molecule has 1 aromatic rings. The molecule has 1 amide bonds. The van der Waals surface area contributed by atoms with Crippen LogP contribution in [-0.4, -0.2) is 28.7 Å². The van der Waals surface area contributed by atoms with Gasteiger partial charge < -0.3 is 11.1 Å². The van der Waals surface area contributed by atoms with E-state index in [1.807, 2.05) is 13.1 Å². The highest BCUT2D eigenvalue weighted by Crippen LogP contribution is 2.23. The molecule has 2 rings (SSSR count). The van der Waals surface area contributed by atoms with Crippen molar-refractivity contribution in [2.24, 2.45) is 11.7 Å². The molecule has 0 aromatic carbocycles. The fraction of sp³-hybridized carbons (Fsp3) is 0.714. The molecule has 1 heterocycles. The van der Waals surface area contributed by atoms with Crippen molar-refractivity contribution in [2.75, 3.05) is 6.54 Å². The zero-order chi connectivity index (χ0) is 13.7. The number of aryl methyl sites for hydroxylation is 2. The van der Waals surface area contributed by atoms with Gasteiger partial charge in [-0.3, -0.25) is 9.89 Å². The van der Waals surface area contributed by atoms with Crippen LogP contribution in [0.25, 0.3) is 0 Å². The van der Waals surface area contributed by atoms with Gasteiger partial charge in [-0.25, -0.2) is 0 Å². The lowest BCUT2D eigenvalue weighted by Crippen LogP contribution is -2.38. The monoisotopic (exact) mass is 264 g/mol. The van der Waals surface area contributed by atoms with E-state index >= 15 is 0 Å². The molecule has 1 aromatic heterocycles. The largest absolute Gasteiger partial charge is 0.356 e. The van der Waals surface area contributed by atoms with Crippen LogP contribution in [0.15, 0.2) is 6.20 Å². The maximum atomic E-state index is 12.0. The topological polar surface area (TPSA) is 83.8 Å². The Labute approximate surface area is 114 Å². The third-order valence-corrected chi connectivity index (χ3v) is 3.94.